The van der Waals surface area contributed by atoms with Crippen LogP contribution in [0.4, 0.5) is 0 Å². The van der Waals surface area contributed by atoms with Crippen molar-refractivity contribution in [1.29, 1.82) is 0 Å². The maximum absolute atomic E-state index is 8.69. The first-order chi connectivity index (χ1) is 7.93. The van der Waals surface area contributed by atoms with E-state index in [1.807, 2.05) is 0 Å². The second-order valence-electron chi connectivity index (χ2n) is 4.15. The normalized spacial score (nSPS) is 14.1. The van der Waals surface area contributed by atoms with Gasteiger partial charge in [0.2, 0.25) is 0 Å². The zero-order valence-electron chi connectivity index (χ0n) is 11.2. The molecule has 5 nitrogen and oxygen atoms in total. The van der Waals surface area contributed by atoms with Crippen molar-refractivity contribution in [1.82, 2.24) is 0 Å². The third kappa shape index (κ3) is 21.6. The predicted octanol–water partition coefficient (Wildman–Crippen LogP) is 0.642. The van der Waals surface area contributed by atoms with Gasteiger partial charge in [-0.1, -0.05) is 19.8 Å². The van der Waals surface area contributed by atoms with E-state index in [0.29, 0.717) is 13.0 Å². The molecular formula is C12H28O5. The Hall–Kier alpha value is -0.200. The fraction of sp³-hybridized carbons (Fsp3) is 1.00. The summed E-state index contributed by atoms with van der Waals surface area (Å²) in [7, 11) is 0. The molecule has 0 saturated carbocycles. The molecule has 106 valence electrons. The van der Waals surface area contributed by atoms with E-state index in [9.17, 15) is 0 Å². The minimum absolute atomic E-state index is 0.00667. The van der Waals surface area contributed by atoms with Gasteiger partial charge in [0.15, 0.2) is 6.29 Å². The van der Waals surface area contributed by atoms with Gasteiger partial charge in [-0.2, -0.15) is 0 Å². The molecule has 5 heteroatoms. The smallest absolute Gasteiger partial charge is 0.151 e. The standard InChI is InChI=1S/C6H14O3.C6H14O2/c1-5(8)4-9-6(2)3-7;1-2-3-4-5-6(7)8/h5-8H,3-4H2,1-2H3;6-8H,2-5H2,1H3. The topological polar surface area (TPSA) is 90.2 Å². The molecule has 0 bridgehead atoms. The first kappa shape index (κ1) is 19.1. The van der Waals surface area contributed by atoms with Crippen molar-refractivity contribution in [2.45, 2.75) is 65.0 Å². The SMILES string of the molecule is CC(O)COC(C)CO.CCCCCC(O)O. The number of hydrogen-bond donors (Lipinski definition) is 4. The van der Waals surface area contributed by atoms with Crippen LogP contribution < -0.4 is 0 Å². The van der Waals surface area contributed by atoms with Crippen LogP contribution in [0.25, 0.3) is 0 Å². The summed E-state index contributed by atoms with van der Waals surface area (Å²) < 4.78 is 4.95. The van der Waals surface area contributed by atoms with E-state index in [2.05, 4.69) is 6.92 Å². The quantitative estimate of drug-likeness (QED) is 0.376. The predicted molar refractivity (Wildman–Crippen MR) is 66.5 cm³/mol. The Morgan fingerprint density at radius 1 is 1.06 bits per heavy atom. The second kappa shape index (κ2) is 13.9. The van der Waals surface area contributed by atoms with Crippen LogP contribution >= 0.6 is 0 Å². The zero-order valence-corrected chi connectivity index (χ0v) is 11.2. The van der Waals surface area contributed by atoms with Crippen LogP contribution in [0.2, 0.25) is 0 Å². The summed E-state index contributed by atoms with van der Waals surface area (Å²) in [6, 6.07) is 0. The molecule has 2 unspecified atom stereocenters. The molecule has 0 aromatic heterocycles. The Labute approximate surface area is 104 Å². The minimum atomic E-state index is -1.10. The van der Waals surface area contributed by atoms with Gasteiger partial charge in [0.05, 0.1) is 25.4 Å². The van der Waals surface area contributed by atoms with Crippen LogP contribution in [0.3, 0.4) is 0 Å². The van der Waals surface area contributed by atoms with Crippen LogP contribution in [0.1, 0.15) is 46.5 Å². The van der Waals surface area contributed by atoms with Crippen LogP contribution in [-0.4, -0.2) is 52.1 Å². The molecule has 0 aromatic rings. The van der Waals surface area contributed by atoms with Crippen molar-refractivity contribution >= 4 is 0 Å². The van der Waals surface area contributed by atoms with Gasteiger partial charge < -0.3 is 25.2 Å². The maximum atomic E-state index is 8.69. The van der Waals surface area contributed by atoms with Crippen LogP contribution in [0.15, 0.2) is 0 Å². The Bertz CT molecular complexity index is 139. The molecular weight excluding hydrogens is 224 g/mol. The van der Waals surface area contributed by atoms with Gasteiger partial charge >= 0.3 is 0 Å². The average molecular weight is 252 g/mol. The molecule has 0 saturated heterocycles. The van der Waals surface area contributed by atoms with Gasteiger partial charge in [0.25, 0.3) is 0 Å². The summed E-state index contributed by atoms with van der Waals surface area (Å²) in [5, 5.41) is 33.8. The molecule has 4 N–H and O–H groups in total. The van der Waals surface area contributed by atoms with Crippen molar-refractivity contribution in [3.8, 4) is 0 Å². The molecule has 0 aromatic carbocycles. The van der Waals surface area contributed by atoms with E-state index in [-0.39, 0.29) is 12.7 Å². The largest absolute Gasteiger partial charge is 0.394 e. The number of hydrogen-bond acceptors (Lipinski definition) is 5. The third-order valence-corrected chi connectivity index (χ3v) is 1.94. The first-order valence-electron chi connectivity index (χ1n) is 6.20. The van der Waals surface area contributed by atoms with Crippen LogP contribution in [0.5, 0.6) is 0 Å². The molecule has 0 aliphatic carbocycles. The average Bonchev–Trinajstić information content (AvgIpc) is 2.26. The Kier molecular flexibility index (Phi) is 15.6. The lowest BCUT2D eigenvalue weighted by molar-refractivity contribution is -0.0465. The molecule has 0 rings (SSSR count). The second-order valence-corrected chi connectivity index (χ2v) is 4.15. The maximum Gasteiger partial charge on any atom is 0.151 e. The fourth-order valence-electron chi connectivity index (χ4n) is 0.933. The van der Waals surface area contributed by atoms with Gasteiger partial charge in [-0.3, -0.25) is 0 Å². The number of ether oxygens (including phenoxy) is 1. The number of aliphatic hydroxyl groups excluding tert-OH is 3. The monoisotopic (exact) mass is 252 g/mol. The van der Waals surface area contributed by atoms with Crippen LogP contribution in [-0.2, 0) is 4.74 Å². The molecule has 0 aliphatic heterocycles. The van der Waals surface area contributed by atoms with E-state index >= 15 is 0 Å². The molecule has 0 radical (unpaired) electrons. The molecule has 2 atom stereocenters. The summed E-state index contributed by atoms with van der Waals surface area (Å²) in [6.07, 6.45) is 1.96. The molecule has 17 heavy (non-hydrogen) atoms. The van der Waals surface area contributed by atoms with Crippen molar-refractivity contribution in [3.63, 3.8) is 0 Å². The summed E-state index contributed by atoms with van der Waals surface area (Å²) in [5.41, 5.74) is 0. The lowest BCUT2D eigenvalue weighted by Gasteiger charge is -2.10. The lowest BCUT2D eigenvalue weighted by atomic mass is 10.2. The summed E-state index contributed by atoms with van der Waals surface area (Å²) in [6.45, 7) is 5.78. The Morgan fingerprint density at radius 3 is 2.00 bits per heavy atom. The highest BCUT2D eigenvalue weighted by Crippen LogP contribution is 1.99. The fourth-order valence-corrected chi connectivity index (χ4v) is 0.933. The van der Waals surface area contributed by atoms with E-state index in [1.54, 1.807) is 13.8 Å². The van der Waals surface area contributed by atoms with Gasteiger partial charge in [-0.05, 0) is 26.7 Å². The molecule has 0 aliphatic rings. The van der Waals surface area contributed by atoms with Gasteiger partial charge in [0.1, 0.15) is 0 Å². The highest BCUT2D eigenvalue weighted by molar-refractivity contribution is 4.47. The van der Waals surface area contributed by atoms with Gasteiger partial charge in [-0.25, -0.2) is 0 Å². The number of unbranched alkanes of at least 4 members (excludes halogenated alkanes) is 2. The third-order valence-electron chi connectivity index (χ3n) is 1.94. The van der Waals surface area contributed by atoms with Crippen molar-refractivity contribution < 1.29 is 25.2 Å². The van der Waals surface area contributed by atoms with Crippen LogP contribution in [0, 0.1) is 0 Å². The van der Waals surface area contributed by atoms with Crippen molar-refractivity contribution in [2.75, 3.05) is 13.2 Å². The first-order valence-corrected chi connectivity index (χ1v) is 6.20. The van der Waals surface area contributed by atoms with Gasteiger partial charge in [0, 0.05) is 0 Å². The van der Waals surface area contributed by atoms with Crippen molar-refractivity contribution in [3.05, 3.63) is 0 Å². The summed E-state index contributed by atoms with van der Waals surface area (Å²) in [4.78, 5) is 0. The molecule has 0 spiro atoms. The van der Waals surface area contributed by atoms with E-state index in [0.717, 1.165) is 19.3 Å². The van der Waals surface area contributed by atoms with E-state index < -0.39 is 12.4 Å². The molecule has 0 amide bonds. The highest BCUT2D eigenvalue weighted by atomic mass is 16.5. The van der Waals surface area contributed by atoms with E-state index in [4.69, 9.17) is 25.2 Å². The lowest BCUT2D eigenvalue weighted by Crippen LogP contribution is -2.19. The summed E-state index contributed by atoms with van der Waals surface area (Å²) in [5.74, 6) is 0. The van der Waals surface area contributed by atoms with Gasteiger partial charge in [-0.15, -0.1) is 0 Å². The molecule has 0 heterocycles. The summed E-state index contributed by atoms with van der Waals surface area (Å²) >= 11 is 0. The molecule has 0 fully saturated rings. The zero-order chi connectivity index (χ0) is 13.7. The minimum Gasteiger partial charge on any atom is -0.394 e. The number of aliphatic hydroxyl groups is 4. The Balaban J connectivity index is 0. The number of rotatable bonds is 8. The highest BCUT2D eigenvalue weighted by Gasteiger charge is 2.00. The Morgan fingerprint density at radius 2 is 1.65 bits per heavy atom. The van der Waals surface area contributed by atoms with E-state index in [1.165, 1.54) is 0 Å². The van der Waals surface area contributed by atoms with Crippen molar-refractivity contribution in [2.24, 2.45) is 0 Å².